The van der Waals surface area contributed by atoms with Gasteiger partial charge in [-0.1, -0.05) is 22.9 Å². The molecule has 0 saturated carbocycles. The molecular weight excluding hydrogens is 436 g/mol. The number of aryl methyl sites for hydroxylation is 3. The average molecular weight is 461 g/mol. The van der Waals surface area contributed by atoms with Crippen molar-refractivity contribution in [3.63, 3.8) is 0 Å². The van der Waals surface area contributed by atoms with Gasteiger partial charge in [-0.15, -0.1) is 11.3 Å². The number of sulfonamides is 1. The minimum atomic E-state index is -3.63. The molecule has 1 N–H and O–H groups in total. The first kappa shape index (κ1) is 21.7. The van der Waals surface area contributed by atoms with Gasteiger partial charge in [0.15, 0.2) is 0 Å². The molecule has 0 spiro atoms. The van der Waals surface area contributed by atoms with Gasteiger partial charge in [0, 0.05) is 24.9 Å². The van der Waals surface area contributed by atoms with Crippen molar-refractivity contribution in [2.24, 2.45) is 5.92 Å². The van der Waals surface area contributed by atoms with Crippen molar-refractivity contribution >= 4 is 33.0 Å². The molecule has 164 valence electrons. The van der Waals surface area contributed by atoms with Crippen LogP contribution in [-0.4, -0.2) is 41.9 Å². The molecule has 8 nitrogen and oxygen atoms in total. The van der Waals surface area contributed by atoms with Gasteiger partial charge in [0.05, 0.1) is 21.4 Å². The Bertz CT molecular complexity index is 1200. The normalized spacial score (nSPS) is 17.6. The molecule has 0 aliphatic carbocycles. The van der Waals surface area contributed by atoms with E-state index >= 15 is 0 Å². The lowest BCUT2D eigenvalue weighted by Gasteiger charge is -2.31. The number of benzene rings is 1. The number of nitrogens with zero attached hydrogens (tertiary/aromatic N) is 3. The predicted molar refractivity (Wildman–Crippen MR) is 118 cm³/mol. The quantitative estimate of drug-likeness (QED) is 0.621. The third kappa shape index (κ3) is 4.56. The van der Waals surface area contributed by atoms with Crippen LogP contribution < -0.4 is 5.32 Å². The average Bonchev–Trinajstić information content (AvgIpc) is 3.34. The molecule has 1 atom stereocenters. The predicted octanol–water partition coefficient (Wildman–Crippen LogP) is 3.76. The Kier molecular flexibility index (Phi) is 5.96. The minimum absolute atomic E-state index is 0.169. The van der Waals surface area contributed by atoms with Gasteiger partial charge in [0.1, 0.15) is 0 Å². The first-order chi connectivity index (χ1) is 14.7. The lowest BCUT2D eigenvalue weighted by Crippen LogP contribution is -2.43. The molecule has 10 heteroatoms. The van der Waals surface area contributed by atoms with E-state index in [1.807, 2.05) is 19.9 Å². The van der Waals surface area contributed by atoms with Gasteiger partial charge >= 0.3 is 0 Å². The maximum absolute atomic E-state index is 13.0. The summed E-state index contributed by atoms with van der Waals surface area (Å²) in [4.78, 5) is 19.1. The van der Waals surface area contributed by atoms with Gasteiger partial charge in [-0.2, -0.15) is 9.29 Å². The van der Waals surface area contributed by atoms with Crippen molar-refractivity contribution in [2.45, 2.75) is 38.5 Å². The van der Waals surface area contributed by atoms with Crippen molar-refractivity contribution in [2.75, 3.05) is 18.4 Å². The number of piperidine rings is 1. The monoisotopic (exact) mass is 460 g/mol. The molecule has 1 aliphatic heterocycles. The van der Waals surface area contributed by atoms with Gasteiger partial charge in [0.2, 0.25) is 27.6 Å². The Hall–Kier alpha value is -2.56. The highest BCUT2D eigenvalue weighted by Crippen LogP contribution is 2.33. The number of hydrogen-bond donors (Lipinski definition) is 1. The lowest BCUT2D eigenvalue weighted by atomic mass is 9.99. The molecule has 0 radical (unpaired) electrons. The molecule has 0 bridgehead atoms. The molecule has 31 heavy (non-hydrogen) atoms. The van der Waals surface area contributed by atoms with Gasteiger partial charge < -0.3 is 9.84 Å². The fourth-order valence-corrected chi connectivity index (χ4v) is 6.01. The van der Waals surface area contributed by atoms with Crippen LogP contribution in [0.5, 0.6) is 0 Å². The van der Waals surface area contributed by atoms with E-state index in [1.165, 1.54) is 15.6 Å². The number of rotatable bonds is 5. The molecular formula is C21H24N4O4S2. The molecule has 3 heterocycles. The molecule has 1 saturated heterocycles. The highest BCUT2D eigenvalue weighted by Gasteiger charge is 2.33. The second-order valence-electron chi connectivity index (χ2n) is 7.72. The van der Waals surface area contributed by atoms with Crippen LogP contribution in [0.25, 0.3) is 10.7 Å². The van der Waals surface area contributed by atoms with E-state index in [0.29, 0.717) is 36.8 Å². The number of carbonyl (C=O) groups excluding carboxylic acids is 1. The number of amides is 1. The van der Waals surface area contributed by atoms with Gasteiger partial charge in [-0.3, -0.25) is 4.79 Å². The first-order valence-electron chi connectivity index (χ1n) is 10.0. The smallest absolute Gasteiger partial charge is 0.243 e. The van der Waals surface area contributed by atoms with E-state index in [9.17, 15) is 13.2 Å². The fourth-order valence-electron chi connectivity index (χ4n) is 3.58. The summed E-state index contributed by atoms with van der Waals surface area (Å²) in [5.74, 6) is 0.368. The number of thiophene rings is 1. The number of nitrogens with one attached hydrogen (secondary N) is 1. The van der Waals surface area contributed by atoms with Crippen LogP contribution in [0.1, 0.15) is 29.2 Å². The van der Waals surface area contributed by atoms with Crippen molar-refractivity contribution < 1.29 is 17.7 Å². The molecule has 3 aromatic rings. The van der Waals surface area contributed by atoms with Crippen molar-refractivity contribution in [3.8, 4) is 10.7 Å². The van der Waals surface area contributed by atoms with E-state index in [-0.39, 0.29) is 17.3 Å². The summed E-state index contributed by atoms with van der Waals surface area (Å²) >= 11 is 1.47. The second-order valence-corrected chi connectivity index (χ2v) is 10.9. The summed E-state index contributed by atoms with van der Waals surface area (Å²) < 4.78 is 32.5. The molecule has 1 aromatic carbocycles. The maximum atomic E-state index is 13.0. The zero-order chi connectivity index (χ0) is 22.2. The number of carbonyl (C=O) groups is 1. The lowest BCUT2D eigenvalue weighted by molar-refractivity contribution is -0.120. The SMILES string of the molecule is Cc1ccc(S(=O)(=O)N2CCC[C@@H](C(=O)Nc3cc(-c4noc(C)n4)sc3C)C2)cc1. The van der Waals surface area contributed by atoms with E-state index in [2.05, 4.69) is 15.5 Å². The van der Waals surface area contributed by atoms with Crippen LogP contribution in [0.4, 0.5) is 5.69 Å². The second kappa shape index (κ2) is 8.52. The molecule has 1 amide bonds. The Labute approximate surface area is 185 Å². The van der Waals surface area contributed by atoms with Crippen LogP contribution in [0.2, 0.25) is 0 Å². The van der Waals surface area contributed by atoms with Crippen molar-refractivity contribution in [1.82, 2.24) is 14.4 Å². The van der Waals surface area contributed by atoms with Crippen LogP contribution in [0.15, 0.2) is 39.8 Å². The van der Waals surface area contributed by atoms with E-state index < -0.39 is 15.9 Å². The molecule has 1 fully saturated rings. The topological polar surface area (TPSA) is 105 Å². The Morgan fingerprint density at radius 1 is 1.23 bits per heavy atom. The van der Waals surface area contributed by atoms with Crippen molar-refractivity contribution in [3.05, 3.63) is 46.7 Å². The minimum Gasteiger partial charge on any atom is -0.339 e. The molecule has 2 aromatic heterocycles. The summed E-state index contributed by atoms with van der Waals surface area (Å²) in [5.41, 5.74) is 1.68. The van der Waals surface area contributed by atoms with Crippen molar-refractivity contribution in [1.29, 1.82) is 0 Å². The summed E-state index contributed by atoms with van der Waals surface area (Å²) in [6.07, 6.45) is 1.28. The van der Waals surface area contributed by atoms with E-state index in [0.717, 1.165) is 15.3 Å². The summed E-state index contributed by atoms with van der Waals surface area (Å²) in [7, 11) is -3.63. The molecule has 4 rings (SSSR count). The standard InChI is InChI=1S/C21H24N4O4S2/c1-13-6-8-17(9-7-13)31(27,28)25-10-4-5-16(12-25)21(26)23-18-11-19(30-14(18)2)20-22-15(3)29-24-20/h6-9,11,16H,4-5,10,12H2,1-3H3,(H,23,26)/t16-/m1/s1. The Morgan fingerprint density at radius 2 is 1.97 bits per heavy atom. The Balaban J connectivity index is 1.47. The van der Waals surface area contributed by atoms with E-state index in [1.54, 1.807) is 31.2 Å². The first-order valence-corrected chi connectivity index (χ1v) is 12.3. The van der Waals surface area contributed by atoms with Crippen LogP contribution >= 0.6 is 11.3 Å². The molecule has 1 aliphatic rings. The highest BCUT2D eigenvalue weighted by atomic mass is 32.2. The van der Waals surface area contributed by atoms with E-state index in [4.69, 9.17) is 4.52 Å². The van der Waals surface area contributed by atoms with Gasteiger partial charge in [-0.25, -0.2) is 8.42 Å². The molecule has 0 unspecified atom stereocenters. The van der Waals surface area contributed by atoms with Gasteiger partial charge in [-0.05, 0) is 44.9 Å². The van der Waals surface area contributed by atoms with Crippen LogP contribution in [-0.2, 0) is 14.8 Å². The number of hydrogen-bond acceptors (Lipinski definition) is 7. The summed E-state index contributed by atoms with van der Waals surface area (Å²) in [5, 5.41) is 6.88. The third-order valence-corrected chi connectivity index (χ3v) is 8.26. The third-order valence-electron chi connectivity index (χ3n) is 5.34. The van der Waals surface area contributed by atoms with Crippen LogP contribution in [0.3, 0.4) is 0 Å². The zero-order valence-electron chi connectivity index (χ0n) is 17.6. The van der Waals surface area contributed by atoms with Crippen LogP contribution in [0, 0.1) is 26.7 Å². The highest BCUT2D eigenvalue weighted by molar-refractivity contribution is 7.89. The largest absolute Gasteiger partial charge is 0.339 e. The fraction of sp³-hybridized carbons (Fsp3) is 0.381. The number of aromatic nitrogens is 2. The van der Waals surface area contributed by atoms with Gasteiger partial charge in [0.25, 0.3) is 0 Å². The summed E-state index contributed by atoms with van der Waals surface area (Å²) in [6.45, 7) is 6.13. The summed E-state index contributed by atoms with van der Waals surface area (Å²) in [6, 6.07) is 8.62. The number of anilines is 1. The zero-order valence-corrected chi connectivity index (χ0v) is 19.2. The Morgan fingerprint density at radius 3 is 2.65 bits per heavy atom. The maximum Gasteiger partial charge on any atom is 0.243 e.